The summed E-state index contributed by atoms with van der Waals surface area (Å²) in [7, 11) is -3.56. The number of nitrogens with one attached hydrogen (secondary N) is 1. The molecule has 0 aliphatic carbocycles. The number of rotatable bonds is 6. The number of hydrogen-bond acceptors (Lipinski definition) is 4. The van der Waals surface area contributed by atoms with E-state index in [0.29, 0.717) is 6.42 Å². The molecule has 0 amide bonds. The maximum absolute atomic E-state index is 12.0. The molecule has 0 atom stereocenters. The topological polar surface area (TPSA) is 96.4 Å². The molecule has 1 aromatic heterocycles. The summed E-state index contributed by atoms with van der Waals surface area (Å²) in [6, 6.07) is 10.5. The van der Waals surface area contributed by atoms with E-state index >= 15 is 0 Å². The van der Waals surface area contributed by atoms with Crippen molar-refractivity contribution in [2.45, 2.75) is 6.42 Å². The number of carboxylic acids is 1. The average Bonchev–Trinajstić information content (AvgIpc) is 2.46. The second-order valence-corrected chi connectivity index (χ2v) is 6.27. The number of aromatic carboxylic acids is 1. The number of nitrogens with zero attached hydrogens (tertiary/aromatic N) is 1. The first-order valence-electron chi connectivity index (χ1n) is 6.19. The first-order chi connectivity index (χ1) is 9.96. The third kappa shape index (κ3) is 4.57. The van der Waals surface area contributed by atoms with Crippen LogP contribution in [0.25, 0.3) is 0 Å². The third-order valence-electron chi connectivity index (χ3n) is 2.76. The lowest BCUT2D eigenvalue weighted by Gasteiger charge is -2.08. The molecule has 21 heavy (non-hydrogen) atoms. The second-order valence-electron chi connectivity index (χ2n) is 4.42. The van der Waals surface area contributed by atoms with Gasteiger partial charge in [0.1, 0.15) is 0 Å². The van der Waals surface area contributed by atoms with Gasteiger partial charge in [0.15, 0.2) is 0 Å². The zero-order valence-electron chi connectivity index (χ0n) is 11.1. The Kier molecular flexibility index (Phi) is 4.54. The molecule has 0 aliphatic rings. The lowest BCUT2D eigenvalue weighted by Crippen LogP contribution is -2.18. The fraction of sp³-hybridized carbons (Fsp3) is 0.143. The maximum Gasteiger partial charge on any atom is 0.337 e. The molecule has 6 nitrogen and oxygen atoms in total. The third-order valence-corrected chi connectivity index (χ3v) is 4.05. The molecule has 0 saturated heterocycles. The summed E-state index contributed by atoms with van der Waals surface area (Å²) in [4.78, 5) is 14.5. The Hall–Kier alpha value is -2.41. The van der Waals surface area contributed by atoms with E-state index in [1.54, 1.807) is 0 Å². The number of sulfonamides is 1. The number of carbonyl (C=O) groups is 1. The summed E-state index contributed by atoms with van der Waals surface area (Å²) < 4.78 is 26.3. The van der Waals surface area contributed by atoms with Gasteiger partial charge in [-0.2, -0.15) is 0 Å². The van der Waals surface area contributed by atoms with Crippen LogP contribution in [0, 0.1) is 0 Å². The van der Waals surface area contributed by atoms with Gasteiger partial charge in [-0.1, -0.05) is 30.3 Å². The smallest absolute Gasteiger partial charge is 0.337 e. The molecule has 110 valence electrons. The predicted octanol–water partition coefficient (Wildman–Crippen LogP) is 1.76. The van der Waals surface area contributed by atoms with Crippen molar-refractivity contribution < 1.29 is 18.3 Å². The van der Waals surface area contributed by atoms with Gasteiger partial charge in [0, 0.05) is 6.20 Å². The molecule has 2 aromatic rings. The highest BCUT2D eigenvalue weighted by Crippen LogP contribution is 2.11. The van der Waals surface area contributed by atoms with E-state index < -0.39 is 16.0 Å². The van der Waals surface area contributed by atoms with Gasteiger partial charge in [0.25, 0.3) is 0 Å². The highest BCUT2D eigenvalue weighted by molar-refractivity contribution is 7.92. The Labute approximate surface area is 122 Å². The number of hydrogen-bond donors (Lipinski definition) is 2. The van der Waals surface area contributed by atoms with Crippen LogP contribution in [0.4, 0.5) is 5.69 Å². The molecule has 7 heteroatoms. The maximum atomic E-state index is 12.0. The largest absolute Gasteiger partial charge is 0.478 e. The van der Waals surface area contributed by atoms with Gasteiger partial charge >= 0.3 is 5.97 Å². The molecular formula is C14H14N2O4S. The van der Waals surface area contributed by atoms with Crippen LogP contribution in [0.1, 0.15) is 15.9 Å². The molecule has 0 spiro atoms. The number of aromatic nitrogens is 1. The minimum Gasteiger partial charge on any atom is -0.478 e. The average molecular weight is 306 g/mol. The summed E-state index contributed by atoms with van der Waals surface area (Å²) in [6.07, 6.45) is 2.80. The Morgan fingerprint density at radius 2 is 1.90 bits per heavy atom. The van der Waals surface area contributed by atoms with Gasteiger partial charge in [0.05, 0.1) is 23.2 Å². The number of aryl methyl sites for hydroxylation is 1. The molecule has 0 bridgehead atoms. The molecule has 1 heterocycles. The van der Waals surface area contributed by atoms with Crippen LogP contribution in [0.5, 0.6) is 0 Å². The number of pyridine rings is 1. The summed E-state index contributed by atoms with van der Waals surface area (Å²) in [5, 5.41) is 8.84. The van der Waals surface area contributed by atoms with Crippen LogP contribution in [0.3, 0.4) is 0 Å². The van der Waals surface area contributed by atoms with Gasteiger partial charge in [0.2, 0.25) is 10.0 Å². The van der Waals surface area contributed by atoms with E-state index in [2.05, 4.69) is 9.71 Å². The first-order valence-corrected chi connectivity index (χ1v) is 7.84. The summed E-state index contributed by atoms with van der Waals surface area (Å²) in [5.74, 6) is -1.25. The highest BCUT2D eigenvalue weighted by atomic mass is 32.2. The van der Waals surface area contributed by atoms with Crippen molar-refractivity contribution >= 4 is 21.7 Å². The Morgan fingerprint density at radius 1 is 1.19 bits per heavy atom. The molecule has 0 fully saturated rings. The van der Waals surface area contributed by atoms with Crippen molar-refractivity contribution in [3.63, 3.8) is 0 Å². The van der Waals surface area contributed by atoms with Gasteiger partial charge in [-0.25, -0.2) is 13.2 Å². The lowest BCUT2D eigenvalue weighted by atomic mass is 10.2. The Balaban J connectivity index is 2.04. The Morgan fingerprint density at radius 3 is 2.57 bits per heavy atom. The van der Waals surface area contributed by atoms with Crippen molar-refractivity contribution in [3.8, 4) is 0 Å². The molecule has 0 radical (unpaired) electrons. The number of anilines is 1. The van der Waals surface area contributed by atoms with Gasteiger partial charge < -0.3 is 5.11 Å². The van der Waals surface area contributed by atoms with Crippen LogP contribution in [0.15, 0.2) is 48.8 Å². The summed E-state index contributed by atoms with van der Waals surface area (Å²) in [5.41, 5.74) is 0.988. The fourth-order valence-corrected chi connectivity index (χ4v) is 2.82. The van der Waals surface area contributed by atoms with E-state index in [1.807, 2.05) is 30.3 Å². The van der Waals surface area contributed by atoms with Crippen LogP contribution in [0.2, 0.25) is 0 Å². The molecule has 0 unspecified atom stereocenters. The van der Waals surface area contributed by atoms with E-state index in [9.17, 15) is 13.2 Å². The van der Waals surface area contributed by atoms with Gasteiger partial charge in [-0.05, 0) is 18.1 Å². The first kappa shape index (κ1) is 15.0. The lowest BCUT2D eigenvalue weighted by molar-refractivity contribution is 0.0696. The van der Waals surface area contributed by atoms with Crippen molar-refractivity contribution in [1.29, 1.82) is 0 Å². The molecular weight excluding hydrogens is 292 g/mol. The predicted molar refractivity (Wildman–Crippen MR) is 78.8 cm³/mol. The van der Waals surface area contributed by atoms with Crippen molar-refractivity contribution in [1.82, 2.24) is 4.98 Å². The standard InChI is InChI=1S/C14H14N2O4S/c17-14(18)12-8-13(10-15-9-12)16-21(19,20)7-6-11-4-2-1-3-5-11/h1-5,8-10,16H,6-7H2,(H,17,18). The quantitative estimate of drug-likeness (QED) is 0.847. The van der Waals surface area contributed by atoms with Crippen molar-refractivity contribution in [2.75, 3.05) is 10.5 Å². The molecule has 2 N–H and O–H groups in total. The van der Waals surface area contributed by atoms with Gasteiger partial charge in [-0.3, -0.25) is 9.71 Å². The molecule has 2 rings (SSSR count). The highest BCUT2D eigenvalue weighted by Gasteiger charge is 2.12. The van der Waals surface area contributed by atoms with Crippen LogP contribution >= 0.6 is 0 Å². The minimum absolute atomic E-state index is 0.0711. The number of carboxylic acid groups (broad SMARTS) is 1. The van der Waals surface area contributed by atoms with Crippen LogP contribution < -0.4 is 4.72 Å². The monoisotopic (exact) mass is 306 g/mol. The van der Waals surface area contributed by atoms with Crippen LogP contribution in [-0.4, -0.2) is 30.2 Å². The minimum atomic E-state index is -3.56. The normalized spacial score (nSPS) is 11.0. The number of benzene rings is 1. The van der Waals surface area contributed by atoms with E-state index in [-0.39, 0.29) is 17.0 Å². The van der Waals surface area contributed by atoms with Crippen LogP contribution in [-0.2, 0) is 16.4 Å². The van der Waals surface area contributed by atoms with Crippen molar-refractivity contribution in [3.05, 3.63) is 59.9 Å². The van der Waals surface area contributed by atoms with E-state index in [0.717, 1.165) is 11.8 Å². The molecule has 0 aliphatic heterocycles. The Bertz CT molecular complexity index is 730. The summed E-state index contributed by atoms with van der Waals surface area (Å²) in [6.45, 7) is 0. The zero-order valence-corrected chi connectivity index (χ0v) is 11.9. The van der Waals surface area contributed by atoms with Gasteiger partial charge in [-0.15, -0.1) is 0 Å². The van der Waals surface area contributed by atoms with E-state index in [1.165, 1.54) is 12.3 Å². The SMILES string of the molecule is O=C(O)c1cncc(NS(=O)(=O)CCc2ccccc2)c1. The second kappa shape index (κ2) is 6.36. The molecule has 1 aromatic carbocycles. The summed E-state index contributed by atoms with van der Waals surface area (Å²) >= 11 is 0. The molecule has 0 saturated carbocycles. The zero-order chi connectivity index (χ0) is 15.3. The van der Waals surface area contributed by atoms with Crippen molar-refractivity contribution in [2.24, 2.45) is 0 Å². The fourth-order valence-electron chi connectivity index (χ4n) is 1.74. The van der Waals surface area contributed by atoms with E-state index in [4.69, 9.17) is 5.11 Å².